The van der Waals surface area contributed by atoms with Crippen LogP contribution in [0.5, 0.6) is 0 Å². The summed E-state index contributed by atoms with van der Waals surface area (Å²) in [7, 11) is 0. The summed E-state index contributed by atoms with van der Waals surface area (Å²) in [5.74, 6) is 0. The van der Waals surface area contributed by atoms with E-state index in [2.05, 4.69) is 4.67 Å². The molecule has 6 nitrogen and oxygen atoms in total. The van der Waals surface area contributed by atoms with Crippen molar-refractivity contribution < 1.29 is 29.1 Å². The Bertz CT molecular complexity index is 291. The van der Waals surface area contributed by atoms with Crippen molar-refractivity contribution >= 4 is 18.5 Å². The van der Waals surface area contributed by atoms with Crippen LogP contribution in [-0.2, 0) is 35.6 Å². The third-order valence-electron chi connectivity index (χ3n) is 3.75. The largest absolute Gasteiger partial charge is 0.410 e. The van der Waals surface area contributed by atoms with Gasteiger partial charge >= 0.3 is 6.72 Å². The van der Waals surface area contributed by atoms with E-state index in [1.807, 2.05) is 0 Å². The first kappa shape index (κ1) is 16.8. The van der Waals surface area contributed by atoms with E-state index >= 15 is 0 Å². The Morgan fingerprint density at radius 2 is 1.15 bits per heavy atom. The summed E-state index contributed by atoms with van der Waals surface area (Å²) in [4.78, 5) is 10.5. The quantitative estimate of drug-likeness (QED) is 0.426. The van der Waals surface area contributed by atoms with E-state index in [1.54, 1.807) is 0 Å². The minimum absolute atomic E-state index is 0.0143. The van der Waals surface area contributed by atoms with Crippen LogP contribution in [-0.4, -0.2) is 17.5 Å². The van der Waals surface area contributed by atoms with Crippen LogP contribution in [0.25, 0.3) is 0 Å². The number of rotatable bonds is 7. The molecule has 0 aliphatic heterocycles. The van der Waals surface area contributed by atoms with Gasteiger partial charge in [0.15, 0.2) is 0 Å². The normalized spacial score (nSPS) is 23.1. The lowest BCUT2D eigenvalue weighted by atomic mass is 9.98. The maximum absolute atomic E-state index is 8.88. The molecule has 0 aromatic carbocycles. The average Bonchev–Trinajstić information content (AvgIpc) is 2.53. The van der Waals surface area contributed by atoms with E-state index in [1.165, 1.54) is 12.8 Å². The van der Waals surface area contributed by atoms with Crippen molar-refractivity contribution in [3.63, 3.8) is 0 Å². The molecule has 8 heteroatoms. The fourth-order valence-corrected chi connectivity index (χ4v) is 3.33. The molecule has 0 heterocycles. The molecular formula is C12H23O6PS. The molecule has 0 spiro atoms. The van der Waals surface area contributed by atoms with Gasteiger partial charge in [-0.2, -0.15) is 0 Å². The lowest BCUT2D eigenvalue weighted by Gasteiger charge is -2.25. The lowest BCUT2D eigenvalue weighted by Crippen LogP contribution is -2.19. The van der Waals surface area contributed by atoms with Crippen LogP contribution in [0.2, 0.25) is 0 Å². The molecule has 0 bridgehead atoms. The van der Waals surface area contributed by atoms with Gasteiger partial charge in [-0.1, -0.05) is 38.5 Å². The topological polar surface area (TPSA) is 66.4 Å². The van der Waals surface area contributed by atoms with Gasteiger partial charge in [0, 0.05) is 0 Å². The summed E-state index contributed by atoms with van der Waals surface area (Å²) >= 11 is 4.98. The van der Waals surface area contributed by atoms with Gasteiger partial charge in [0.1, 0.15) is 0 Å². The van der Waals surface area contributed by atoms with Crippen molar-refractivity contribution in [2.24, 2.45) is 0 Å². The standard InChI is InChI=1S/C12H23O6PS/c13-16-19(20,17-14-11-7-3-1-4-8-11)18-15-12-9-5-2-6-10-12/h11-13H,1-10H2. The summed E-state index contributed by atoms with van der Waals surface area (Å²) in [6.45, 7) is -3.39. The molecule has 20 heavy (non-hydrogen) atoms. The Hall–Kier alpha value is 0.410. The first-order chi connectivity index (χ1) is 9.72. The highest BCUT2D eigenvalue weighted by atomic mass is 32.5. The van der Waals surface area contributed by atoms with E-state index in [0.29, 0.717) is 0 Å². The molecule has 0 aromatic rings. The van der Waals surface area contributed by atoms with Gasteiger partial charge in [-0.05, 0) is 37.5 Å². The lowest BCUT2D eigenvalue weighted by molar-refractivity contribution is -0.328. The Morgan fingerprint density at radius 3 is 1.50 bits per heavy atom. The molecule has 2 aliphatic carbocycles. The zero-order valence-corrected chi connectivity index (χ0v) is 13.3. The van der Waals surface area contributed by atoms with E-state index in [4.69, 9.17) is 36.2 Å². The Balaban J connectivity index is 1.71. The molecule has 2 fully saturated rings. The van der Waals surface area contributed by atoms with Crippen LogP contribution in [0.1, 0.15) is 64.2 Å². The summed E-state index contributed by atoms with van der Waals surface area (Å²) in [6, 6.07) is 0. The minimum Gasteiger partial charge on any atom is -0.243 e. The second kappa shape index (κ2) is 8.76. The van der Waals surface area contributed by atoms with Crippen molar-refractivity contribution in [1.29, 1.82) is 0 Å². The maximum Gasteiger partial charge on any atom is 0.410 e. The average molecular weight is 326 g/mol. The SMILES string of the molecule is OOP(=S)(OOC1CCCCC1)OOC1CCCCC1. The summed E-state index contributed by atoms with van der Waals surface area (Å²) in [5, 5.41) is 8.88. The highest BCUT2D eigenvalue weighted by Gasteiger charge is 2.29. The van der Waals surface area contributed by atoms with Crippen molar-refractivity contribution in [2.75, 3.05) is 0 Å². The zero-order chi connectivity index (χ0) is 14.3. The molecule has 0 saturated heterocycles. The van der Waals surface area contributed by atoms with Gasteiger partial charge in [0.25, 0.3) is 0 Å². The van der Waals surface area contributed by atoms with Crippen molar-refractivity contribution in [1.82, 2.24) is 0 Å². The zero-order valence-electron chi connectivity index (χ0n) is 11.6. The first-order valence-electron chi connectivity index (χ1n) is 7.35. The van der Waals surface area contributed by atoms with E-state index in [-0.39, 0.29) is 12.2 Å². The van der Waals surface area contributed by atoms with Crippen molar-refractivity contribution in [3.05, 3.63) is 0 Å². The monoisotopic (exact) mass is 326 g/mol. The van der Waals surface area contributed by atoms with E-state index in [0.717, 1.165) is 51.4 Å². The Morgan fingerprint density at radius 1 is 0.750 bits per heavy atom. The van der Waals surface area contributed by atoms with Crippen LogP contribution in [0.3, 0.4) is 0 Å². The Labute approximate surface area is 124 Å². The molecule has 0 amide bonds. The van der Waals surface area contributed by atoms with Crippen LogP contribution < -0.4 is 0 Å². The Kier molecular flexibility index (Phi) is 7.34. The fourth-order valence-electron chi connectivity index (χ4n) is 2.59. The molecule has 2 saturated carbocycles. The van der Waals surface area contributed by atoms with Crippen LogP contribution in [0, 0.1) is 0 Å². The second-order valence-electron chi connectivity index (χ2n) is 5.39. The smallest absolute Gasteiger partial charge is 0.243 e. The molecule has 2 aliphatic rings. The molecule has 0 aromatic heterocycles. The van der Waals surface area contributed by atoms with E-state index < -0.39 is 6.72 Å². The van der Waals surface area contributed by atoms with E-state index in [9.17, 15) is 0 Å². The van der Waals surface area contributed by atoms with Gasteiger partial charge in [-0.25, -0.2) is 15.0 Å². The predicted molar refractivity (Wildman–Crippen MR) is 76.1 cm³/mol. The first-order valence-corrected chi connectivity index (χ1v) is 9.91. The second-order valence-corrected chi connectivity index (χ2v) is 8.09. The molecular weight excluding hydrogens is 303 g/mol. The molecule has 0 atom stereocenters. The molecule has 0 radical (unpaired) electrons. The van der Waals surface area contributed by atoms with Gasteiger partial charge in [0.2, 0.25) is 0 Å². The van der Waals surface area contributed by atoms with Crippen molar-refractivity contribution in [2.45, 2.75) is 76.4 Å². The highest BCUT2D eigenvalue weighted by molar-refractivity contribution is 8.07. The molecule has 1 N–H and O–H groups in total. The molecule has 2 rings (SSSR count). The van der Waals surface area contributed by atoms with Crippen LogP contribution >= 0.6 is 6.72 Å². The number of hydrogen-bond acceptors (Lipinski definition) is 7. The third kappa shape index (κ3) is 5.66. The van der Waals surface area contributed by atoms with Gasteiger partial charge in [-0.15, -0.1) is 14.0 Å². The van der Waals surface area contributed by atoms with Crippen molar-refractivity contribution in [3.8, 4) is 0 Å². The maximum atomic E-state index is 8.88. The predicted octanol–water partition coefficient (Wildman–Crippen LogP) is 4.26. The minimum atomic E-state index is -3.39. The van der Waals surface area contributed by atoms with Gasteiger partial charge in [-0.3, -0.25) is 0 Å². The van der Waals surface area contributed by atoms with Crippen LogP contribution in [0.15, 0.2) is 0 Å². The summed E-state index contributed by atoms with van der Waals surface area (Å²) < 4.78 is 14.2. The summed E-state index contributed by atoms with van der Waals surface area (Å²) in [5.41, 5.74) is 0. The fraction of sp³-hybridized carbons (Fsp3) is 1.00. The van der Waals surface area contributed by atoms with Crippen LogP contribution in [0.4, 0.5) is 0 Å². The third-order valence-corrected chi connectivity index (χ3v) is 5.05. The van der Waals surface area contributed by atoms with Gasteiger partial charge < -0.3 is 0 Å². The summed E-state index contributed by atoms with van der Waals surface area (Å²) in [6.07, 6.45) is 10.5. The molecule has 118 valence electrons. The number of hydrogen-bond donors (Lipinski definition) is 1. The molecule has 0 unspecified atom stereocenters. The van der Waals surface area contributed by atoms with Gasteiger partial charge in [0.05, 0.1) is 12.2 Å². The highest BCUT2D eigenvalue weighted by Crippen LogP contribution is 2.50.